The molecule has 79 valence electrons. The van der Waals surface area contributed by atoms with Gasteiger partial charge in [-0.25, -0.2) is 0 Å². The first-order valence-electron chi connectivity index (χ1n) is 5.77. The second kappa shape index (κ2) is 6.44. The van der Waals surface area contributed by atoms with Crippen molar-refractivity contribution >= 4 is 15.9 Å². The van der Waals surface area contributed by atoms with Gasteiger partial charge in [0.25, 0.3) is 0 Å². The zero-order chi connectivity index (χ0) is 10.4. The minimum atomic E-state index is 1.07. The molecule has 0 unspecified atom stereocenters. The lowest BCUT2D eigenvalue weighted by Crippen LogP contribution is -1.88. The first-order valence-corrected chi connectivity index (χ1v) is 6.56. The maximum absolute atomic E-state index is 3.61. The summed E-state index contributed by atoms with van der Waals surface area (Å²) in [6.07, 6.45) is 12.2. The Morgan fingerprint density at radius 2 is 1.79 bits per heavy atom. The molecule has 0 saturated carbocycles. The number of halogens is 1. The Bertz CT molecular complexity index is 236. The highest BCUT2D eigenvalue weighted by molar-refractivity contribution is 9.11. The summed E-state index contributed by atoms with van der Waals surface area (Å²) in [5.41, 5.74) is 3.19. The van der Waals surface area contributed by atoms with Crippen molar-refractivity contribution in [3.63, 3.8) is 0 Å². The van der Waals surface area contributed by atoms with Gasteiger partial charge in [-0.3, -0.25) is 0 Å². The van der Waals surface area contributed by atoms with E-state index >= 15 is 0 Å². The summed E-state index contributed by atoms with van der Waals surface area (Å²) in [6.45, 7) is 4.51. The van der Waals surface area contributed by atoms with E-state index < -0.39 is 0 Å². The van der Waals surface area contributed by atoms with Crippen molar-refractivity contribution in [3.8, 4) is 0 Å². The van der Waals surface area contributed by atoms with E-state index in [2.05, 4.69) is 35.9 Å². The first-order chi connectivity index (χ1) is 6.79. The van der Waals surface area contributed by atoms with E-state index in [0.717, 1.165) is 6.42 Å². The topological polar surface area (TPSA) is 0 Å². The molecule has 0 amide bonds. The van der Waals surface area contributed by atoms with Crippen LogP contribution in [0, 0.1) is 6.08 Å². The minimum Gasteiger partial charge on any atom is -0.0654 e. The molecule has 0 fully saturated rings. The van der Waals surface area contributed by atoms with Crippen molar-refractivity contribution < 1.29 is 0 Å². The summed E-state index contributed by atoms with van der Waals surface area (Å²) >= 11 is 3.61. The Morgan fingerprint density at radius 1 is 1.14 bits per heavy atom. The summed E-state index contributed by atoms with van der Waals surface area (Å²) in [7, 11) is 0. The van der Waals surface area contributed by atoms with Crippen LogP contribution >= 0.6 is 15.9 Å². The lowest BCUT2D eigenvalue weighted by atomic mass is 10.0. The molecule has 0 aromatic heterocycles. The van der Waals surface area contributed by atoms with Crippen LogP contribution in [0.4, 0.5) is 0 Å². The van der Waals surface area contributed by atoms with E-state index in [4.69, 9.17) is 0 Å². The van der Waals surface area contributed by atoms with Crippen LogP contribution in [0.3, 0.4) is 0 Å². The molecule has 0 atom stereocenters. The molecule has 0 heterocycles. The quantitative estimate of drug-likeness (QED) is 0.616. The Balaban J connectivity index is 2.54. The molecular weight excluding hydrogens is 236 g/mol. The lowest BCUT2D eigenvalue weighted by molar-refractivity contribution is 0.750. The minimum absolute atomic E-state index is 1.07. The number of allylic oxidation sites excluding steroid dienone is 4. The third kappa shape index (κ3) is 3.27. The molecule has 0 aromatic carbocycles. The predicted molar refractivity (Wildman–Crippen MR) is 66.4 cm³/mol. The molecule has 0 spiro atoms. The van der Waals surface area contributed by atoms with Gasteiger partial charge in [-0.1, -0.05) is 48.2 Å². The van der Waals surface area contributed by atoms with E-state index in [1.54, 1.807) is 11.1 Å². The Labute approximate surface area is 96.6 Å². The van der Waals surface area contributed by atoms with Crippen LogP contribution in [0.15, 0.2) is 15.6 Å². The van der Waals surface area contributed by atoms with Crippen LogP contribution in [-0.4, -0.2) is 0 Å². The van der Waals surface area contributed by atoms with E-state index in [0.29, 0.717) is 0 Å². The van der Waals surface area contributed by atoms with Gasteiger partial charge in [-0.05, 0) is 43.8 Å². The fourth-order valence-electron chi connectivity index (χ4n) is 1.82. The maximum Gasteiger partial charge on any atom is 0.0245 e. The van der Waals surface area contributed by atoms with E-state index in [1.807, 2.05) is 0 Å². The van der Waals surface area contributed by atoms with Gasteiger partial charge in [0.1, 0.15) is 0 Å². The molecule has 0 aliphatic heterocycles. The van der Waals surface area contributed by atoms with Gasteiger partial charge in [0.15, 0.2) is 0 Å². The van der Waals surface area contributed by atoms with Crippen LogP contribution in [0.25, 0.3) is 0 Å². The summed E-state index contributed by atoms with van der Waals surface area (Å²) in [6, 6.07) is 0. The molecular formula is C13H20Br. The van der Waals surface area contributed by atoms with E-state index in [-0.39, 0.29) is 0 Å². The molecule has 0 bridgehead atoms. The summed E-state index contributed by atoms with van der Waals surface area (Å²) in [5.74, 6) is 0. The molecule has 0 saturated heterocycles. The number of rotatable bonds is 6. The summed E-state index contributed by atoms with van der Waals surface area (Å²) in [5, 5.41) is 0. The van der Waals surface area contributed by atoms with Gasteiger partial charge >= 0.3 is 0 Å². The predicted octanol–water partition coefficient (Wildman–Crippen LogP) is 5.15. The fraction of sp³-hybridized carbons (Fsp3) is 0.692. The van der Waals surface area contributed by atoms with Crippen LogP contribution in [0.5, 0.6) is 0 Å². The van der Waals surface area contributed by atoms with Crippen LogP contribution in [0.1, 0.15) is 58.8 Å². The zero-order valence-corrected chi connectivity index (χ0v) is 10.9. The molecule has 1 aliphatic rings. The average Bonchev–Trinajstić information content (AvgIpc) is 2.53. The SMILES string of the molecule is CCCCC1=C(CCCC)C(Br)=[C]C1. The van der Waals surface area contributed by atoms with Crippen molar-refractivity contribution in [2.45, 2.75) is 58.8 Å². The monoisotopic (exact) mass is 255 g/mol. The van der Waals surface area contributed by atoms with Crippen molar-refractivity contribution in [2.75, 3.05) is 0 Å². The van der Waals surface area contributed by atoms with Crippen molar-refractivity contribution in [2.24, 2.45) is 0 Å². The number of unbranched alkanes of at least 4 members (excludes halogenated alkanes) is 2. The smallest absolute Gasteiger partial charge is 0.0245 e. The van der Waals surface area contributed by atoms with Gasteiger partial charge in [0, 0.05) is 4.48 Å². The normalized spacial score (nSPS) is 16.4. The average molecular weight is 256 g/mol. The highest BCUT2D eigenvalue weighted by Crippen LogP contribution is 2.35. The molecule has 1 rings (SSSR count). The summed E-state index contributed by atoms with van der Waals surface area (Å²) < 4.78 is 1.25. The lowest BCUT2D eigenvalue weighted by Gasteiger charge is -2.07. The van der Waals surface area contributed by atoms with Gasteiger partial charge in [-0.15, -0.1) is 0 Å². The van der Waals surface area contributed by atoms with Crippen LogP contribution in [-0.2, 0) is 0 Å². The van der Waals surface area contributed by atoms with Gasteiger partial charge < -0.3 is 0 Å². The standard InChI is InChI=1S/C13H20Br/c1-3-5-7-11-9-10-13(14)12(11)8-6-4-2/h3-9H2,1-2H3. The molecule has 1 aliphatic carbocycles. The molecule has 0 nitrogen and oxygen atoms in total. The third-order valence-electron chi connectivity index (χ3n) is 2.76. The first kappa shape index (κ1) is 12.0. The Kier molecular flexibility index (Phi) is 5.54. The molecule has 1 heteroatoms. The third-order valence-corrected chi connectivity index (χ3v) is 3.52. The van der Waals surface area contributed by atoms with Gasteiger partial charge in [0.05, 0.1) is 0 Å². The van der Waals surface area contributed by atoms with E-state index in [9.17, 15) is 0 Å². The maximum atomic E-state index is 3.61. The Morgan fingerprint density at radius 3 is 2.43 bits per heavy atom. The molecule has 0 N–H and O–H groups in total. The van der Waals surface area contributed by atoms with Crippen LogP contribution < -0.4 is 0 Å². The largest absolute Gasteiger partial charge is 0.0654 e. The van der Waals surface area contributed by atoms with E-state index in [1.165, 1.54) is 43.0 Å². The van der Waals surface area contributed by atoms with Crippen molar-refractivity contribution in [1.82, 2.24) is 0 Å². The van der Waals surface area contributed by atoms with Crippen molar-refractivity contribution in [1.29, 1.82) is 0 Å². The second-order valence-corrected chi connectivity index (χ2v) is 4.75. The Hall–Kier alpha value is -0.0400. The molecule has 1 radical (unpaired) electrons. The van der Waals surface area contributed by atoms with Gasteiger partial charge in [0.2, 0.25) is 0 Å². The highest BCUT2D eigenvalue weighted by Gasteiger charge is 2.14. The molecule has 0 aromatic rings. The number of hydrogen-bond donors (Lipinski definition) is 0. The second-order valence-electron chi connectivity index (χ2n) is 3.96. The fourth-order valence-corrected chi connectivity index (χ4v) is 2.44. The highest BCUT2D eigenvalue weighted by atomic mass is 79.9. The zero-order valence-electron chi connectivity index (χ0n) is 9.33. The number of hydrogen-bond acceptors (Lipinski definition) is 0. The molecule has 14 heavy (non-hydrogen) atoms. The summed E-state index contributed by atoms with van der Waals surface area (Å²) in [4.78, 5) is 0. The van der Waals surface area contributed by atoms with Gasteiger partial charge in [-0.2, -0.15) is 0 Å². The van der Waals surface area contributed by atoms with Crippen molar-refractivity contribution in [3.05, 3.63) is 21.7 Å². The van der Waals surface area contributed by atoms with Crippen LogP contribution in [0.2, 0.25) is 0 Å².